The van der Waals surface area contributed by atoms with Crippen LogP contribution in [0.25, 0.3) is 0 Å². The van der Waals surface area contributed by atoms with Crippen LogP contribution in [0.4, 0.5) is 4.79 Å². The lowest BCUT2D eigenvalue weighted by Gasteiger charge is -2.21. The van der Waals surface area contributed by atoms with Gasteiger partial charge in [-0.15, -0.1) is 0 Å². The van der Waals surface area contributed by atoms with Crippen LogP contribution in [0.3, 0.4) is 0 Å². The third-order valence-corrected chi connectivity index (χ3v) is 3.17. The molecule has 2 unspecified atom stereocenters. The van der Waals surface area contributed by atoms with Gasteiger partial charge in [-0.25, -0.2) is 4.79 Å². The van der Waals surface area contributed by atoms with Crippen molar-refractivity contribution in [3.05, 3.63) is 35.9 Å². The maximum absolute atomic E-state index is 10.7. The molecular weight excluding hydrogens is 305 g/mol. The van der Waals surface area contributed by atoms with E-state index in [2.05, 4.69) is 22.6 Å². The van der Waals surface area contributed by atoms with E-state index in [0.29, 0.717) is 0 Å². The standard InChI is InChI=1S/C11H14INO2/c1-8(9-5-3-2-4-6-9)10(7-12)15-11(13)14/h2-6,8,10H,7H2,1H3,(H2,13,14). The van der Waals surface area contributed by atoms with E-state index in [1.807, 2.05) is 37.3 Å². The van der Waals surface area contributed by atoms with Crippen molar-refractivity contribution in [2.75, 3.05) is 4.43 Å². The van der Waals surface area contributed by atoms with Crippen molar-refractivity contribution in [2.24, 2.45) is 5.73 Å². The molecule has 0 saturated heterocycles. The Morgan fingerprint density at radius 1 is 1.47 bits per heavy atom. The fourth-order valence-electron chi connectivity index (χ4n) is 1.39. The number of nitrogens with two attached hydrogens (primary N) is 1. The Labute approximate surface area is 103 Å². The number of halogens is 1. The van der Waals surface area contributed by atoms with Gasteiger partial charge in [0.2, 0.25) is 0 Å². The normalized spacial score (nSPS) is 14.3. The molecule has 0 aliphatic heterocycles. The summed E-state index contributed by atoms with van der Waals surface area (Å²) in [5, 5.41) is 0. The summed E-state index contributed by atoms with van der Waals surface area (Å²) < 4.78 is 5.78. The largest absolute Gasteiger partial charge is 0.445 e. The van der Waals surface area contributed by atoms with Crippen LogP contribution in [0.2, 0.25) is 0 Å². The van der Waals surface area contributed by atoms with Gasteiger partial charge in [0.15, 0.2) is 0 Å². The smallest absolute Gasteiger partial charge is 0.404 e. The zero-order chi connectivity index (χ0) is 11.3. The van der Waals surface area contributed by atoms with Crippen molar-refractivity contribution in [3.63, 3.8) is 0 Å². The second kappa shape index (κ2) is 5.95. The number of hydrogen-bond donors (Lipinski definition) is 1. The molecule has 1 amide bonds. The van der Waals surface area contributed by atoms with Gasteiger partial charge in [0.25, 0.3) is 0 Å². The molecule has 0 fully saturated rings. The lowest BCUT2D eigenvalue weighted by atomic mass is 9.96. The minimum atomic E-state index is -0.709. The Bertz CT molecular complexity index is 316. The van der Waals surface area contributed by atoms with E-state index in [-0.39, 0.29) is 12.0 Å². The molecule has 0 spiro atoms. The van der Waals surface area contributed by atoms with Crippen molar-refractivity contribution >= 4 is 28.7 Å². The summed E-state index contributed by atoms with van der Waals surface area (Å²) >= 11 is 2.19. The van der Waals surface area contributed by atoms with Crippen molar-refractivity contribution in [1.29, 1.82) is 0 Å². The van der Waals surface area contributed by atoms with Crippen molar-refractivity contribution in [2.45, 2.75) is 18.9 Å². The van der Waals surface area contributed by atoms with Gasteiger partial charge in [0, 0.05) is 10.3 Å². The molecule has 0 aromatic heterocycles. The highest BCUT2D eigenvalue weighted by molar-refractivity contribution is 14.1. The van der Waals surface area contributed by atoms with E-state index in [1.54, 1.807) is 0 Å². The third kappa shape index (κ3) is 3.70. The maximum atomic E-state index is 10.7. The van der Waals surface area contributed by atoms with Crippen LogP contribution in [0.1, 0.15) is 18.4 Å². The Balaban J connectivity index is 2.73. The van der Waals surface area contributed by atoms with Crippen LogP contribution in [0, 0.1) is 0 Å². The number of primary amides is 1. The Morgan fingerprint density at radius 2 is 2.07 bits per heavy atom. The average molecular weight is 319 g/mol. The number of hydrogen-bond acceptors (Lipinski definition) is 2. The number of carbonyl (C=O) groups is 1. The van der Waals surface area contributed by atoms with Crippen molar-refractivity contribution < 1.29 is 9.53 Å². The van der Waals surface area contributed by atoms with E-state index < -0.39 is 6.09 Å². The predicted octanol–water partition coefficient (Wildman–Crippen LogP) is 2.69. The van der Waals surface area contributed by atoms with Crippen LogP contribution in [-0.4, -0.2) is 16.6 Å². The van der Waals surface area contributed by atoms with Gasteiger partial charge in [-0.1, -0.05) is 59.8 Å². The Hall–Kier alpha value is -0.780. The molecule has 0 heterocycles. The summed E-state index contributed by atoms with van der Waals surface area (Å²) in [6.07, 6.45) is -0.870. The number of rotatable bonds is 4. The monoisotopic (exact) mass is 319 g/mol. The minimum absolute atomic E-state index is 0.162. The lowest BCUT2D eigenvalue weighted by Crippen LogP contribution is -2.28. The number of carbonyl (C=O) groups excluding carboxylic acids is 1. The average Bonchev–Trinajstić information content (AvgIpc) is 2.26. The second-order valence-corrected chi connectivity index (χ2v) is 4.21. The minimum Gasteiger partial charge on any atom is -0.445 e. The molecule has 0 aliphatic rings. The van der Waals surface area contributed by atoms with Gasteiger partial charge < -0.3 is 10.5 Å². The Morgan fingerprint density at radius 3 is 2.53 bits per heavy atom. The first-order chi connectivity index (χ1) is 7.15. The quantitative estimate of drug-likeness (QED) is 0.685. The number of amides is 1. The number of alkyl halides is 1. The number of benzene rings is 1. The summed E-state index contributed by atoms with van der Waals surface area (Å²) in [7, 11) is 0. The van der Waals surface area contributed by atoms with Crippen molar-refractivity contribution in [1.82, 2.24) is 0 Å². The molecule has 82 valence electrons. The highest BCUT2D eigenvalue weighted by Gasteiger charge is 2.20. The van der Waals surface area contributed by atoms with E-state index in [1.165, 1.54) is 0 Å². The zero-order valence-corrected chi connectivity index (χ0v) is 10.7. The Kier molecular flexibility index (Phi) is 4.87. The predicted molar refractivity (Wildman–Crippen MR) is 68.2 cm³/mol. The first-order valence-electron chi connectivity index (χ1n) is 4.72. The third-order valence-electron chi connectivity index (χ3n) is 2.30. The molecule has 0 bridgehead atoms. The lowest BCUT2D eigenvalue weighted by molar-refractivity contribution is 0.107. The van der Waals surface area contributed by atoms with Crippen LogP contribution in [0.15, 0.2) is 30.3 Å². The summed E-state index contributed by atoms with van der Waals surface area (Å²) in [5.41, 5.74) is 6.17. The fraction of sp³-hybridized carbons (Fsp3) is 0.364. The van der Waals surface area contributed by atoms with Gasteiger partial charge in [-0.3, -0.25) is 0 Å². The van der Waals surface area contributed by atoms with Crippen LogP contribution in [0.5, 0.6) is 0 Å². The molecule has 1 aromatic rings. The summed E-state index contributed by atoms with van der Waals surface area (Å²) in [5.74, 6) is 0.163. The van der Waals surface area contributed by atoms with E-state index in [9.17, 15) is 4.79 Å². The van der Waals surface area contributed by atoms with Crippen molar-refractivity contribution in [3.8, 4) is 0 Å². The second-order valence-electron chi connectivity index (χ2n) is 3.33. The molecule has 2 atom stereocenters. The SMILES string of the molecule is CC(c1ccccc1)C(CI)OC(N)=O. The molecule has 3 nitrogen and oxygen atoms in total. The van der Waals surface area contributed by atoms with Gasteiger partial charge in [-0.2, -0.15) is 0 Å². The molecular formula is C11H14INO2. The summed E-state index contributed by atoms with van der Waals surface area (Å²) in [6, 6.07) is 9.95. The molecule has 1 rings (SSSR count). The molecule has 1 aromatic carbocycles. The van der Waals surface area contributed by atoms with Gasteiger partial charge in [0.05, 0.1) is 0 Å². The molecule has 4 heteroatoms. The highest BCUT2D eigenvalue weighted by Crippen LogP contribution is 2.22. The molecule has 15 heavy (non-hydrogen) atoms. The topological polar surface area (TPSA) is 52.3 Å². The van der Waals surface area contributed by atoms with E-state index >= 15 is 0 Å². The van der Waals surface area contributed by atoms with E-state index in [4.69, 9.17) is 10.5 Å². The molecule has 0 radical (unpaired) electrons. The van der Waals surface area contributed by atoms with Gasteiger partial charge in [-0.05, 0) is 5.56 Å². The van der Waals surface area contributed by atoms with Gasteiger partial charge in [0.1, 0.15) is 6.10 Å². The van der Waals surface area contributed by atoms with Crippen LogP contribution >= 0.6 is 22.6 Å². The van der Waals surface area contributed by atoms with E-state index in [0.717, 1.165) is 9.99 Å². The fourth-order valence-corrected chi connectivity index (χ4v) is 2.33. The highest BCUT2D eigenvalue weighted by atomic mass is 127. The summed E-state index contributed by atoms with van der Waals surface area (Å²) in [4.78, 5) is 10.7. The molecule has 0 saturated carbocycles. The molecule has 0 aliphatic carbocycles. The first-order valence-corrected chi connectivity index (χ1v) is 6.24. The van der Waals surface area contributed by atoms with Gasteiger partial charge >= 0.3 is 6.09 Å². The zero-order valence-electron chi connectivity index (χ0n) is 8.52. The van der Waals surface area contributed by atoms with Crippen LogP contribution < -0.4 is 5.73 Å². The maximum Gasteiger partial charge on any atom is 0.404 e. The van der Waals surface area contributed by atoms with Crippen LogP contribution in [-0.2, 0) is 4.74 Å². The first kappa shape index (κ1) is 12.3. The number of ether oxygens (including phenoxy) is 1. The summed E-state index contributed by atoms with van der Waals surface area (Å²) in [6.45, 7) is 2.03. The molecule has 2 N–H and O–H groups in total.